The molecule has 2 unspecified atom stereocenters. The second-order valence-electron chi connectivity index (χ2n) is 5.10. The van der Waals surface area contributed by atoms with Gasteiger partial charge in [-0.1, -0.05) is 6.07 Å². The number of ether oxygens (including phenoxy) is 3. The van der Waals surface area contributed by atoms with Crippen LogP contribution in [0.25, 0.3) is 0 Å². The molecule has 1 saturated heterocycles. The fraction of sp³-hybridized carbons (Fsp3) is 0.500. The lowest BCUT2D eigenvalue weighted by Crippen LogP contribution is -2.34. The van der Waals surface area contributed by atoms with E-state index in [0.29, 0.717) is 6.54 Å². The molecule has 1 fully saturated rings. The van der Waals surface area contributed by atoms with Crippen molar-refractivity contribution < 1.29 is 19.0 Å². The van der Waals surface area contributed by atoms with E-state index in [2.05, 4.69) is 0 Å². The van der Waals surface area contributed by atoms with E-state index in [1.54, 1.807) is 0 Å². The minimum absolute atomic E-state index is 0.0108. The molecular weight excluding hydrogens is 246 g/mol. The molecule has 0 saturated carbocycles. The minimum atomic E-state index is -0.152. The molecule has 0 aromatic heterocycles. The molecule has 0 spiro atoms. The van der Waals surface area contributed by atoms with Crippen molar-refractivity contribution in [2.45, 2.75) is 32.0 Å². The Kier molecular flexibility index (Phi) is 3.06. The van der Waals surface area contributed by atoms with E-state index in [9.17, 15) is 4.79 Å². The molecule has 0 bridgehead atoms. The molecule has 5 nitrogen and oxygen atoms in total. The van der Waals surface area contributed by atoms with E-state index < -0.39 is 0 Å². The third-order valence-corrected chi connectivity index (χ3v) is 3.55. The number of carbonyl (C=O) groups excluding carboxylic acids is 1. The Bertz CT molecular complexity index is 502. The van der Waals surface area contributed by atoms with Crippen LogP contribution >= 0.6 is 0 Å². The van der Waals surface area contributed by atoms with Gasteiger partial charge in [-0.2, -0.15) is 0 Å². The van der Waals surface area contributed by atoms with Gasteiger partial charge in [0.25, 0.3) is 0 Å². The minimum Gasteiger partial charge on any atom is -0.461 e. The highest BCUT2D eigenvalue weighted by atomic mass is 16.7. The molecule has 19 heavy (non-hydrogen) atoms. The number of rotatable bonds is 3. The van der Waals surface area contributed by atoms with E-state index in [-0.39, 0.29) is 24.9 Å². The highest BCUT2D eigenvalue weighted by Gasteiger charge is 2.34. The summed E-state index contributed by atoms with van der Waals surface area (Å²) < 4.78 is 15.8. The molecule has 5 heteroatoms. The van der Waals surface area contributed by atoms with Crippen molar-refractivity contribution in [2.24, 2.45) is 0 Å². The number of carbonyl (C=O) groups is 1. The van der Waals surface area contributed by atoms with Crippen LogP contribution in [0.3, 0.4) is 0 Å². The quantitative estimate of drug-likeness (QED) is 0.774. The summed E-state index contributed by atoms with van der Waals surface area (Å²) in [5.41, 5.74) is 1.10. The molecule has 3 rings (SSSR count). The number of nitrogens with zero attached hydrogens (tertiary/aromatic N) is 1. The topological polar surface area (TPSA) is 48.0 Å². The van der Waals surface area contributed by atoms with Crippen molar-refractivity contribution in [1.29, 1.82) is 0 Å². The van der Waals surface area contributed by atoms with Gasteiger partial charge >= 0.3 is 5.97 Å². The molecule has 0 N–H and O–H groups in total. The Morgan fingerprint density at radius 3 is 2.84 bits per heavy atom. The average Bonchev–Trinajstić information content (AvgIpc) is 2.94. The number of esters is 1. The van der Waals surface area contributed by atoms with Gasteiger partial charge in [-0.25, -0.2) is 0 Å². The van der Waals surface area contributed by atoms with Crippen LogP contribution in [0, 0.1) is 0 Å². The third kappa shape index (κ3) is 2.38. The van der Waals surface area contributed by atoms with Gasteiger partial charge in [-0.3, -0.25) is 9.69 Å². The van der Waals surface area contributed by atoms with E-state index in [4.69, 9.17) is 14.2 Å². The predicted molar refractivity (Wildman–Crippen MR) is 68.0 cm³/mol. The maximum atomic E-state index is 11.7. The summed E-state index contributed by atoms with van der Waals surface area (Å²) in [5.74, 6) is 1.42. The zero-order valence-corrected chi connectivity index (χ0v) is 11.1. The van der Waals surface area contributed by atoms with Gasteiger partial charge in [0.15, 0.2) is 11.5 Å². The Hall–Kier alpha value is -1.75. The number of hydrogen-bond donors (Lipinski definition) is 0. The van der Waals surface area contributed by atoms with Crippen molar-refractivity contribution in [3.8, 4) is 11.5 Å². The van der Waals surface area contributed by atoms with Gasteiger partial charge in [0, 0.05) is 13.0 Å². The van der Waals surface area contributed by atoms with E-state index in [0.717, 1.165) is 23.5 Å². The Balaban J connectivity index is 1.69. The molecule has 0 aliphatic carbocycles. The summed E-state index contributed by atoms with van der Waals surface area (Å²) in [6, 6.07) is 5.71. The fourth-order valence-electron chi connectivity index (χ4n) is 2.53. The van der Waals surface area contributed by atoms with Gasteiger partial charge in [-0.05, 0) is 31.7 Å². The lowest BCUT2D eigenvalue weighted by Gasteiger charge is -2.21. The molecule has 2 aliphatic heterocycles. The van der Waals surface area contributed by atoms with Gasteiger partial charge in [-0.15, -0.1) is 0 Å². The Morgan fingerprint density at radius 1 is 1.32 bits per heavy atom. The lowest BCUT2D eigenvalue weighted by molar-refractivity contribution is -0.144. The fourth-order valence-corrected chi connectivity index (χ4v) is 2.53. The van der Waals surface area contributed by atoms with Crippen molar-refractivity contribution in [3.05, 3.63) is 23.8 Å². The molecule has 0 radical (unpaired) electrons. The first-order valence-electron chi connectivity index (χ1n) is 6.43. The third-order valence-electron chi connectivity index (χ3n) is 3.55. The first-order valence-corrected chi connectivity index (χ1v) is 6.43. The van der Waals surface area contributed by atoms with E-state index >= 15 is 0 Å². The van der Waals surface area contributed by atoms with E-state index in [1.165, 1.54) is 0 Å². The first kappa shape index (κ1) is 12.3. The molecule has 0 amide bonds. The standard InChI is InChI=1S/C14H17NO4/c1-9-5-11(14(16)19-9)15(2)7-10-3-4-12-13(6-10)18-8-17-12/h3-4,6,9,11H,5,7-8H2,1-2H3. The molecule has 2 aliphatic rings. The van der Waals surface area contributed by atoms with Crippen molar-refractivity contribution in [3.63, 3.8) is 0 Å². The van der Waals surface area contributed by atoms with Gasteiger partial charge in [0.05, 0.1) is 0 Å². The Morgan fingerprint density at radius 2 is 2.11 bits per heavy atom. The highest BCUT2D eigenvalue weighted by Crippen LogP contribution is 2.33. The highest BCUT2D eigenvalue weighted by molar-refractivity contribution is 5.77. The van der Waals surface area contributed by atoms with Crippen LogP contribution < -0.4 is 9.47 Å². The van der Waals surface area contributed by atoms with Crippen LogP contribution in [0.5, 0.6) is 11.5 Å². The average molecular weight is 263 g/mol. The van der Waals surface area contributed by atoms with Crippen molar-refractivity contribution >= 4 is 5.97 Å². The van der Waals surface area contributed by atoms with Crippen LogP contribution in [-0.2, 0) is 16.1 Å². The normalized spacial score (nSPS) is 24.9. The summed E-state index contributed by atoms with van der Waals surface area (Å²) in [6.45, 7) is 2.89. The molecule has 1 aromatic carbocycles. The summed E-state index contributed by atoms with van der Waals surface area (Å²) in [7, 11) is 1.94. The summed E-state index contributed by atoms with van der Waals surface area (Å²) in [5, 5.41) is 0. The number of benzene rings is 1. The predicted octanol–water partition coefficient (Wildman–Crippen LogP) is 1.55. The number of hydrogen-bond acceptors (Lipinski definition) is 5. The summed E-state index contributed by atoms with van der Waals surface area (Å²) in [4.78, 5) is 13.7. The second kappa shape index (κ2) is 4.74. The molecule has 102 valence electrons. The summed E-state index contributed by atoms with van der Waals surface area (Å²) >= 11 is 0. The molecular formula is C14H17NO4. The monoisotopic (exact) mass is 263 g/mol. The number of fused-ring (bicyclic) bond motifs is 1. The largest absolute Gasteiger partial charge is 0.461 e. The molecule has 2 atom stereocenters. The first-order chi connectivity index (χ1) is 9.13. The number of likely N-dealkylation sites (N-methyl/N-ethyl adjacent to an activating group) is 1. The Labute approximate surface area is 112 Å². The van der Waals surface area contributed by atoms with E-state index in [1.807, 2.05) is 37.1 Å². The van der Waals surface area contributed by atoms with Crippen molar-refractivity contribution in [1.82, 2.24) is 4.90 Å². The van der Waals surface area contributed by atoms with Crippen LogP contribution in [0.15, 0.2) is 18.2 Å². The second-order valence-corrected chi connectivity index (χ2v) is 5.10. The smallest absolute Gasteiger partial charge is 0.323 e. The zero-order valence-electron chi connectivity index (χ0n) is 11.1. The van der Waals surface area contributed by atoms with Crippen molar-refractivity contribution in [2.75, 3.05) is 13.8 Å². The van der Waals surface area contributed by atoms with Crippen LogP contribution in [-0.4, -0.2) is 36.9 Å². The lowest BCUT2D eigenvalue weighted by atomic mass is 10.1. The maximum absolute atomic E-state index is 11.7. The maximum Gasteiger partial charge on any atom is 0.323 e. The van der Waals surface area contributed by atoms with Gasteiger partial charge in [0.2, 0.25) is 6.79 Å². The van der Waals surface area contributed by atoms with Crippen LogP contribution in [0.1, 0.15) is 18.9 Å². The number of cyclic esters (lactones) is 1. The van der Waals surface area contributed by atoms with Crippen LogP contribution in [0.4, 0.5) is 0 Å². The van der Waals surface area contributed by atoms with Crippen LogP contribution in [0.2, 0.25) is 0 Å². The SMILES string of the molecule is CC1CC(N(C)Cc2ccc3c(c2)OCO3)C(=O)O1. The summed E-state index contributed by atoms with van der Waals surface area (Å²) in [6.07, 6.45) is 0.761. The molecule has 1 aromatic rings. The molecule has 2 heterocycles. The van der Waals surface area contributed by atoms with Gasteiger partial charge < -0.3 is 14.2 Å². The zero-order chi connectivity index (χ0) is 13.4. The van der Waals surface area contributed by atoms with Gasteiger partial charge in [0.1, 0.15) is 12.1 Å².